The van der Waals surface area contributed by atoms with Crippen molar-refractivity contribution in [2.75, 3.05) is 17.1 Å². The average Bonchev–Trinajstić information content (AvgIpc) is 2.76. The highest BCUT2D eigenvalue weighted by atomic mass is 79.9. The van der Waals surface area contributed by atoms with Crippen LogP contribution in [0.15, 0.2) is 44.4 Å². The molecule has 0 saturated heterocycles. The molecule has 0 saturated carbocycles. The molecule has 4 nitrogen and oxygen atoms in total. The van der Waals surface area contributed by atoms with Crippen LogP contribution in [0.4, 0.5) is 11.4 Å². The maximum absolute atomic E-state index is 12.3. The minimum atomic E-state index is -3.50. The number of nitrogens with two attached hydrogens (primary N) is 1. The lowest BCUT2D eigenvalue weighted by atomic mass is 10.3. The molecule has 2 aromatic rings. The number of nitrogen functional groups attached to an aromatic ring is 1. The molecule has 2 N–H and O–H groups in total. The molecule has 0 unspecified atom stereocenters. The van der Waals surface area contributed by atoms with Crippen molar-refractivity contribution in [3.8, 4) is 0 Å². The Labute approximate surface area is 118 Å². The summed E-state index contributed by atoms with van der Waals surface area (Å²) in [5, 5.41) is 0. The average molecular weight is 347 g/mol. The zero-order valence-electron chi connectivity index (χ0n) is 9.50. The van der Waals surface area contributed by atoms with Gasteiger partial charge in [0.1, 0.15) is 4.21 Å². The summed E-state index contributed by atoms with van der Waals surface area (Å²) in [6, 6.07) is 9.99. The third-order valence-electron chi connectivity index (χ3n) is 2.42. The lowest BCUT2D eigenvalue weighted by Gasteiger charge is -2.18. The van der Waals surface area contributed by atoms with E-state index in [1.165, 1.54) is 22.7 Å². The van der Waals surface area contributed by atoms with Crippen molar-refractivity contribution in [3.05, 3.63) is 40.2 Å². The first-order valence-electron chi connectivity index (χ1n) is 5.01. The molecule has 96 valence electrons. The van der Waals surface area contributed by atoms with Crippen molar-refractivity contribution in [2.24, 2.45) is 0 Å². The predicted molar refractivity (Wildman–Crippen MR) is 78.5 cm³/mol. The second-order valence-electron chi connectivity index (χ2n) is 3.62. The number of anilines is 2. The molecule has 1 aromatic carbocycles. The Bertz CT molecular complexity index is 650. The SMILES string of the molecule is CN(c1ccc(N)cc1)S(=O)(=O)c1ccc(Br)s1. The first kappa shape index (κ1) is 13.4. The van der Waals surface area contributed by atoms with E-state index in [1.807, 2.05) is 0 Å². The molecule has 0 amide bonds. The van der Waals surface area contributed by atoms with Gasteiger partial charge in [-0.1, -0.05) is 0 Å². The van der Waals surface area contributed by atoms with E-state index in [1.54, 1.807) is 36.4 Å². The summed E-state index contributed by atoms with van der Waals surface area (Å²) in [6.07, 6.45) is 0. The topological polar surface area (TPSA) is 63.4 Å². The Morgan fingerprint density at radius 3 is 2.28 bits per heavy atom. The van der Waals surface area contributed by atoms with Gasteiger partial charge in [0.15, 0.2) is 0 Å². The zero-order valence-corrected chi connectivity index (χ0v) is 12.7. The van der Waals surface area contributed by atoms with Crippen molar-refractivity contribution in [1.29, 1.82) is 0 Å². The van der Waals surface area contributed by atoms with Crippen LogP contribution < -0.4 is 10.0 Å². The van der Waals surface area contributed by atoms with E-state index < -0.39 is 10.0 Å². The van der Waals surface area contributed by atoms with Crippen molar-refractivity contribution in [2.45, 2.75) is 4.21 Å². The predicted octanol–water partition coefficient (Wildman–Crippen LogP) is 2.92. The highest BCUT2D eigenvalue weighted by Crippen LogP contribution is 2.30. The molecule has 0 spiro atoms. The fourth-order valence-electron chi connectivity index (χ4n) is 1.39. The fraction of sp³-hybridized carbons (Fsp3) is 0.0909. The number of hydrogen-bond donors (Lipinski definition) is 1. The minimum Gasteiger partial charge on any atom is -0.399 e. The van der Waals surface area contributed by atoms with Crippen LogP contribution in [0.2, 0.25) is 0 Å². The molecular formula is C11H11BrN2O2S2. The summed E-state index contributed by atoms with van der Waals surface area (Å²) in [7, 11) is -1.98. The summed E-state index contributed by atoms with van der Waals surface area (Å²) in [6.45, 7) is 0. The van der Waals surface area contributed by atoms with Crippen molar-refractivity contribution in [1.82, 2.24) is 0 Å². The van der Waals surface area contributed by atoms with Crippen molar-refractivity contribution < 1.29 is 8.42 Å². The molecular weight excluding hydrogens is 336 g/mol. The molecule has 0 radical (unpaired) electrons. The Morgan fingerprint density at radius 1 is 1.17 bits per heavy atom. The monoisotopic (exact) mass is 346 g/mol. The van der Waals surface area contributed by atoms with E-state index in [9.17, 15) is 8.42 Å². The van der Waals surface area contributed by atoms with Gasteiger partial charge in [-0.15, -0.1) is 11.3 Å². The van der Waals surface area contributed by atoms with Crippen LogP contribution in [0.1, 0.15) is 0 Å². The van der Waals surface area contributed by atoms with Gasteiger partial charge in [0, 0.05) is 12.7 Å². The molecule has 7 heteroatoms. The molecule has 0 atom stereocenters. The van der Waals surface area contributed by atoms with E-state index >= 15 is 0 Å². The van der Waals surface area contributed by atoms with Crippen LogP contribution in [0, 0.1) is 0 Å². The quantitative estimate of drug-likeness (QED) is 0.869. The molecule has 18 heavy (non-hydrogen) atoms. The molecule has 0 aliphatic heterocycles. The van der Waals surface area contributed by atoms with E-state index in [4.69, 9.17) is 5.73 Å². The van der Waals surface area contributed by atoms with Crippen molar-refractivity contribution in [3.63, 3.8) is 0 Å². The largest absolute Gasteiger partial charge is 0.399 e. The van der Waals surface area contributed by atoms with E-state index in [2.05, 4.69) is 15.9 Å². The summed E-state index contributed by atoms with van der Waals surface area (Å²) in [4.78, 5) is 0. The number of hydrogen-bond acceptors (Lipinski definition) is 4. The number of thiophene rings is 1. The Morgan fingerprint density at radius 2 is 1.78 bits per heavy atom. The highest BCUT2D eigenvalue weighted by Gasteiger charge is 2.22. The zero-order chi connectivity index (χ0) is 13.3. The summed E-state index contributed by atoms with van der Waals surface area (Å²) in [5.41, 5.74) is 6.76. The van der Waals surface area contributed by atoms with Crippen LogP contribution in [-0.2, 0) is 10.0 Å². The maximum atomic E-state index is 12.3. The second kappa shape index (κ2) is 4.91. The summed E-state index contributed by atoms with van der Waals surface area (Å²) < 4.78 is 27.0. The third-order valence-corrected chi connectivity index (χ3v) is 6.30. The van der Waals surface area contributed by atoms with E-state index in [-0.39, 0.29) is 0 Å². The number of benzene rings is 1. The van der Waals surface area contributed by atoms with Gasteiger partial charge in [-0.25, -0.2) is 8.42 Å². The van der Waals surface area contributed by atoms with Gasteiger partial charge < -0.3 is 5.73 Å². The first-order valence-corrected chi connectivity index (χ1v) is 8.06. The molecule has 0 bridgehead atoms. The van der Waals surface area contributed by atoms with Crippen LogP contribution in [0.25, 0.3) is 0 Å². The standard InChI is InChI=1S/C11H11BrN2O2S2/c1-14(9-4-2-8(13)3-5-9)18(15,16)11-7-6-10(12)17-11/h2-7H,13H2,1H3. The summed E-state index contributed by atoms with van der Waals surface area (Å²) in [5.74, 6) is 0. The minimum absolute atomic E-state index is 0.300. The van der Waals surface area contributed by atoms with Crippen LogP contribution in [-0.4, -0.2) is 15.5 Å². The molecule has 1 heterocycles. The lowest BCUT2D eigenvalue weighted by Crippen LogP contribution is -2.25. The van der Waals surface area contributed by atoms with E-state index in [0.717, 1.165) is 3.79 Å². The van der Waals surface area contributed by atoms with E-state index in [0.29, 0.717) is 15.6 Å². The summed E-state index contributed by atoms with van der Waals surface area (Å²) >= 11 is 4.44. The Balaban J connectivity index is 2.39. The number of nitrogens with zero attached hydrogens (tertiary/aromatic N) is 1. The lowest BCUT2D eigenvalue weighted by molar-refractivity contribution is 0.596. The van der Waals surface area contributed by atoms with Crippen LogP contribution >= 0.6 is 27.3 Å². The first-order chi connectivity index (χ1) is 8.41. The van der Waals surface area contributed by atoms with Crippen LogP contribution in [0.3, 0.4) is 0 Å². The number of rotatable bonds is 3. The number of halogens is 1. The third kappa shape index (κ3) is 2.52. The molecule has 0 fully saturated rings. The molecule has 0 aliphatic rings. The van der Waals surface area contributed by atoms with Gasteiger partial charge in [0.05, 0.1) is 9.47 Å². The van der Waals surface area contributed by atoms with Gasteiger partial charge in [-0.3, -0.25) is 4.31 Å². The van der Waals surface area contributed by atoms with Gasteiger partial charge in [0.25, 0.3) is 10.0 Å². The molecule has 2 rings (SSSR count). The smallest absolute Gasteiger partial charge is 0.273 e. The normalized spacial score (nSPS) is 11.4. The maximum Gasteiger partial charge on any atom is 0.273 e. The molecule has 1 aromatic heterocycles. The number of sulfonamides is 1. The Hall–Kier alpha value is -1.05. The van der Waals surface area contributed by atoms with Crippen LogP contribution in [0.5, 0.6) is 0 Å². The van der Waals surface area contributed by atoms with Crippen molar-refractivity contribution >= 4 is 48.7 Å². The van der Waals surface area contributed by atoms with Gasteiger partial charge in [-0.2, -0.15) is 0 Å². The van der Waals surface area contributed by atoms with Gasteiger partial charge in [-0.05, 0) is 52.3 Å². The highest BCUT2D eigenvalue weighted by molar-refractivity contribution is 9.11. The van der Waals surface area contributed by atoms with Gasteiger partial charge in [0.2, 0.25) is 0 Å². The molecule has 0 aliphatic carbocycles. The van der Waals surface area contributed by atoms with Gasteiger partial charge >= 0.3 is 0 Å². The fourth-order valence-corrected chi connectivity index (χ4v) is 4.77. The second-order valence-corrected chi connectivity index (χ2v) is 8.28. The Kier molecular flexibility index (Phi) is 3.65.